The van der Waals surface area contributed by atoms with Crippen molar-refractivity contribution in [2.75, 3.05) is 6.61 Å². The Hall–Kier alpha value is -0.990. The van der Waals surface area contributed by atoms with Crippen LogP contribution in [0.15, 0.2) is 12.2 Å². The Bertz CT molecular complexity index is 612. The van der Waals surface area contributed by atoms with E-state index in [9.17, 15) is 4.79 Å². The molecule has 0 amide bonds. The van der Waals surface area contributed by atoms with E-state index in [0.717, 1.165) is 12.8 Å². The van der Waals surface area contributed by atoms with Crippen LogP contribution in [0.2, 0.25) is 0 Å². The first kappa shape index (κ1) is 22.7. The van der Waals surface area contributed by atoms with Crippen LogP contribution < -0.4 is 0 Å². The van der Waals surface area contributed by atoms with Gasteiger partial charge < -0.3 is 28.4 Å². The fourth-order valence-corrected chi connectivity index (χ4v) is 4.01. The maximum atomic E-state index is 13.1. The summed E-state index contributed by atoms with van der Waals surface area (Å²) < 4.78 is 35.7. The van der Waals surface area contributed by atoms with Crippen molar-refractivity contribution < 1.29 is 33.2 Å². The van der Waals surface area contributed by atoms with Gasteiger partial charge in [-0.15, -0.1) is 0 Å². The predicted molar refractivity (Wildman–Crippen MR) is 106 cm³/mol. The molecule has 3 rings (SSSR count). The summed E-state index contributed by atoms with van der Waals surface area (Å²) >= 11 is 0. The second-order valence-electron chi connectivity index (χ2n) is 9.32. The summed E-state index contributed by atoms with van der Waals surface area (Å²) in [5.74, 6) is -1.98. The monoisotopic (exact) mass is 412 g/mol. The third kappa shape index (κ3) is 5.20. The Morgan fingerprint density at radius 3 is 2.41 bits per heavy atom. The lowest BCUT2D eigenvalue weighted by molar-refractivity contribution is -0.235. The van der Waals surface area contributed by atoms with E-state index in [-0.39, 0.29) is 23.9 Å². The molecule has 3 saturated heterocycles. The van der Waals surface area contributed by atoms with E-state index in [0.29, 0.717) is 6.61 Å². The van der Waals surface area contributed by atoms with Crippen molar-refractivity contribution in [1.82, 2.24) is 0 Å². The Kier molecular flexibility index (Phi) is 6.75. The second-order valence-corrected chi connectivity index (χ2v) is 9.32. The summed E-state index contributed by atoms with van der Waals surface area (Å²) in [7, 11) is 0. The topological polar surface area (TPSA) is 72.5 Å². The lowest BCUT2D eigenvalue weighted by atomic mass is 9.94. The van der Waals surface area contributed by atoms with Gasteiger partial charge in [0.2, 0.25) is 0 Å². The van der Waals surface area contributed by atoms with Gasteiger partial charge >= 0.3 is 5.97 Å². The van der Waals surface area contributed by atoms with E-state index in [2.05, 4.69) is 6.92 Å². The quantitative estimate of drug-likeness (QED) is 0.468. The van der Waals surface area contributed by atoms with Crippen molar-refractivity contribution in [3.05, 3.63) is 12.2 Å². The van der Waals surface area contributed by atoms with Gasteiger partial charge in [-0.05, 0) is 40.0 Å². The number of hydrogen-bond acceptors (Lipinski definition) is 7. The van der Waals surface area contributed by atoms with Gasteiger partial charge in [-0.3, -0.25) is 4.79 Å². The lowest BCUT2D eigenvalue weighted by Crippen LogP contribution is -2.46. The molecule has 3 heterocycles. The van der Waals surface area contributed by atoms with Crippen LogP contribution in [0.1, 0.15) is 61.3 Å². The summed E-state index contributed by atoms with van der Waals surface area (Å²) in [4.78, 5) is 13.1. The third-order valence-corrected chi connectivity index (χ3v) is 5.47. The largest absolute Gasteiger partial charge is 0.456 e. The normalized spacial score (nSPS) is 36.6. The van der Waals surface area contributed by atoms with E-state index < -0.39 is 36.2 Å². The van der Waals surface area contributed by atoms with Crippen LogP contribution in [0.5, 0.6) is 0 Å². The molecule has 0 aliphatic carbocycles. The van der Waals surface area contributed by atoms with Gasteiger partial charge in [-0.25, -0.2) is 0 Å². The number of esters is 1. The molecule has 0 aromatic heterocycles. The molecule has 3 aliphatic heterocycles. The molecule has 0 aromatic carbocycles. The van der Waals surface area contributed by atoms with Crippen molar-refractivity contribution >= 4 is 5.97 Å². The van der Waals surface area contributed by atoms with Gasteiger partial charge in [0.15, 0.2) is 30.1 Å². The van der Waals surface area contributed by atoms with Crippen molar-refractivity contribution in [3.63, 3.8) is 0 Å². The molecule has 0 aromatic rings. The molecule has 6 atom stereocenters. The smallest absolute Gasteiger partial charge is 0.313 e. The molecule has 7 heteroatoms. The van der Waals surface area contributed by atoms with Crippen LogP contribution in [-0.2, 0) is 33.2 Å². The van der Waals surface area contributed by atoms with Crippen LogP contribution in [0.3, 0.4) is 0 Å². The minimum atomic E-state index is -0.796. The van der Waals surface area contributed by atoms with Crippen LogP contribution in [0.25, 0.3) is 0 Å². The van der Waals surface area contributed by atoms with E-state index in [1.165, 1.54) is 0 Å². The highest BCUT2D eigenvalue weighted by Gasteiger charge is 2.60. The SMILES string of the molecule is CCC/C=C/[C@@H](C(=O)O[C@@H]1[C@H]2OC(C)(C)O[C@H]2O[C@@H]1[C@H]1COC(C)(C)O1)C(C)C. The molecular formula is C22H36O7. The molecule has 0 N–H and O–H groups in total. The highest BCUT2D eigenvalue weighted by atomic mass is 16.8. The molecule has 0 spiro atoms. The zero-order chi connectivity index (χ0) is 21.4. The van der Waals surface area contributed by atoms with Crippen molar-refractivity contribution in [3.8, 4) is 0 Å². The maximum Gasteiger partial charge on any atom is 0.313 e. The van der Waals surface area contributed by atoms with Gasteiger partial charge in [0.1, 0.15) is 12.2 Å². The molecule has 0 bridgehead atoms. The molecule has 0 radical (unpaired) electrons. The summed E-state index contributed by atoms with van der Waals surface area (Å²) in [6.07, 6.45) is 3.36. The fourth-order valence-electron chi connectivity index (χ4n) is 4.01. The minimum absolute atomic E-state index is 0.120. The Morgan fingerprint density at radius 2 is 1.83 bits per heavy atom. The summed E-state index contributed by atoms with van der Waals surface area (Å²) in [5.41, 5.74) is 0. The number of carbonyl (C=O) groups is 1. The number of ether oxygens (including phenoxy) is 6. The van der Waals surface area contributed by atoms with Crippen molar-refractivity contribution in [2.45, 2.75) is 104 Å². The summed E-state index contributed by atoms with van der Waals surface area (Å²) in [6.45, 7) is 13.9. The van der Waals surface area contributed by atoms with Gasteiger partial charge in [0, 0.05) is 0 Å². The number of allylic oxidation sites excluding steroid dienone is 1. The average Bonchev–Trinajstić information content (AvgIpc) is 3.21. The molecule has 3 aliphatic rings. The van der Waals surface area contributed by atoms with Gasteiger partial charge in [-0.1, -0.05) is 39.3 Å². The standard InChI is InChI=1S/C22H36O7/c1-8-9-10-11-14(13(2)3)19(23)25-17-16(15-12-24-21(4,5)27-15)26-20-18(17)28-22(6,7)29-20/h10-11,13-18,20H,8-9,12H2,1-7H3/b11-10+/t14-,15-,16-,17+,18-,20-/m1/s1. The number of rotatable bonds is 7. The molecule has 29 heavy (non-hydrogen) atoms. The first-order valence-corrected chi connectivity index (χ1v) is 10.7. The first-order chi connectivity index (χ1) is 13.5. The maximum absolute atomic E-state index is 13.1. The number of fused-ring (bicyclic) bond motifs is 1. The molecule has 0 saturated carbocycles. The van der Waals surface area contributed by atoms with Gasteiger partial charge in [0.25, 0.3) is 0 Å². The number of hydrogen-bond donors (Lipinski definition) is 0. The van der Waals surface area contributed by atoms with E-state index in [4.69, 9.17) is 28.4 Å². The van der Waals surface area contributed by atoms with Gasteiger partial charge in [-0.2, -0.15) is 0 Å². The van der Waals surface area contributed by atoms with Crippen LogP contribution in [-0.4, -0.2) is 54.9 Å². The van der Waals surface area contributed by atoms with E-state index >= 15 is 0 Å². The number of unbranched alkanes of at least 4 members (excludes halogenated alkanes) is 1. The lowest BCUT2D eigenvalue weighted by Gasteiger charge is -2.30. The second kappa shape index (κ2) is 8.63. The van der Waals surface area contributed by atoms with Gasteiger partial charge in [0.05, 0.1) is 12.5 Å². The van der Waals surface area contributed by atoms with Crippen LogP contribution >= 0.6 is 0 Å². The molecule has 166 valence electrons. The summed E-state index contributed by atoms with van der Waals surface area (Å²) in [5, 5.41) is 0. The van der Waals surface area contributed by atoms with E-state index in [1.807, 2.05) is 53.7 Å². The minimum Gasteiger partial charge on any atom is -0.456 e. The van der Waals surface area contributed by atoms with E-state index in [1.54, 1.807) is 0 Å². The fraction of sp³-hybridized carbons (Fsp3) is 0.864. The molecule has 7 nitrogen and oxygen atoms in total. The molecular weight excluding hydrogens is 376 g/mol. The summed E-state index contributed by atoms with van der Waals surface area (Å²) in [6, 6.07) is 0. The zero-order valence-corrected chi connectivity index (χ0v) is 18.7. The van der Waals surface area contributed by atoms with Crippen LogP contribution in [0.4, 0.5) is 0 Å². The Labute approximate surface area is 174 Å². The zero-order valence-electron chi connectivity index (χ0n) is 18.7. The Balaban J connectivity index is 1.77. The Morgan fingerprint density at radius 1 is 1.10 bits per heavy atom. The highest BCUT2D eigenvalue weighted by molar-refractivity contribution is 5.75. The van der Waals surface area contributed by atoms with Crippen LogP contribution in [0, 0.1) is 11.8 Å². The molecule has 3 fully saturated rings. The average molecular weight is 413 g/mol. The van der Waals surface area contributed by atoms with Crippen molar-refractivity contribution in [2.24, 2.45) is 11.8 Å². The highest BCUT2D eigenvalue weighted by Crippen LogP contribution is 2.42. The first-order valence-electron chi connectivity index (χ1n) is 10.7. The molecule has 0 unspecified atom stereocenters. The number of carbonyl (C=O) groups excluding carboxylic acids is 1. The van der Waals surface area contributed by atoms with Crippen molar-refractivity contribution in [1.29, 1.82) is 0 Å². The predicted octanol–water partition coefficient (Wildman–Crippen LogP) is 3.55. The third-order valence-electron chi connectivity index (χ3n) is 5.47.